The number of phenolic OH excluding ortho intramolecular Hbond substituents is 2. The smallest absolute Gasteiger partial charge is 0.202 e. The van der Waals surface area contributed by atoms with E-state index in [9.17, 15) is 29.7 Å². The molecule has 178 valence electrons. The Kier molecular flexibility index (Phi) is 5.05. The average molecular weight is 468 g/mol. The van der Waals surface area contributed by atoms with Crippen LogP contribution in [0.3, 0.4) is 0 Å². The molecule has 1 fully saturated rings. The molecular formula is C25H24O9. The predicted molar refractivity (Wildman–Crippen MR) is 117 cm³/mol. The van der Waals surface area contributed by atoms with E-state index < -0.39 is 40.6 Å². The van der Waals surface area contributed by atoms with Crippen LogP contribution >= 0.6 is 0 Å². The first-order valence-electron chi connectivity index (χ1n) is 11.0. The zero-order valence-electron chi connectivity index (χ0n) is 18.9. The van der Waals surface area contributed by atoms with Crippen molar-refractivity contribution in [2.45, 2.75) is 50.6 Å². The number of ether oxygens (including phenoxy) is 3. The number of epoxide rings is 1. The van der Waals surface area contributed by atoms with Gasteiger partial charge in [0, 0.05) is 29.5 Å². The van der Waals surface area contributed by atoms with Crippen molar-refractivity contribution in [3.05, 3.63) is 51.6 Å². The molecular weight excluding hydrogens is 444 g/mol. The lowest BCUT2D eigenvalue weighted by atomic mass is 9.72. The van der Waals surface area contributed by atoms with Crippen LogP contribution < -0.4 is 4.74 Å². The van der Waals surface area contributed by atoms with E-state index >= 15 is 0 Å². The largest absolute Gasteiger partial charge is 0.507 e. The van der Waals surface area contributed by atoms with Crippen LogP contribution in [-0.2, 0) is 20.7 Å². The predicted octanol–water partition coefficient (Wildman–Crippen LogP) is 1.99. The number of rotatable bonds is 5. The lowest BCUT2D eigenvalue weighted by Gasteiger charge is -2.38. The number of carbonyl (C=O) groups excluding carboxylic acids is 3. The van der Waals surface area contributed by atoms with Crippen molar-refractivity contribution in [2.24, 2.45) is 0 Å². The molecule has 0 saturated carbocycles. The van der Waals surface area contributed by atoms with Gasteiger partial charge < -0.3 is 29.5 Å². The minimum Gasteiger partial charge on any atom is -0.507 e. The number of carbonyl (C=O) groups is 3. The van der Waals surface area contributed by atoms with Gasteiger partial charge in [-0.2, -0.15) is 0 Å². The number of hydrogen-bond donors (Lipinski definition) is 3. The highest BCUT2D eigenvalue weighted by molar-refractivity contribution is 6.31. The van der Waals surface area contributed by atoms with Gasteiger partial charge in [0.1, 0.15) is 29.0 Å². The Bertz CT molecular complexity index is 1260. The first-order chi connectivity index (χ1) is 16.1. The maximum atomic E-state index is 13.5. The SMILES string of the molecule is COc1cccc2c1C(=O)c1c(O)c3c(c(O)c1C2=O)CC(O)(C(C)=O)C[C@H]3OCC1OC1C. The topological polar surface area (TPSA) is 143 Å². The second-order valence-electron chi connectivity index (χ2n) is 9.05. The van der Waals surface area contributed by atoms with Crippen LogP contribution in [0.25, 0.3) is 0 Å². The molecule has 34 heavy (non-hydrogen) atoms. The van der Waals surface area contributed by atoms with E-state index in [1.807, 2.05) is 6.92 Å². The van der Waals surface area contributed by atoms with E-state index in [1.165, 1.54) is 26.2 Å². The Morgan fingerprint density at radius 3 is 2.44 bits per heavy atom. The van der Waals surface area contributed by atoms with Gasteiger partial charge in [-0.3, -0.25) is 14.4 Å². The van der Waals surface area contributed by atoms with Gasteiger partial charge in [0.05, 0.1) is 42.6 Å². The number of aliphatic hydroxyl groups is 1. The summed E-state index contributed by atoms with van der Waals surface area (Å²) in [5.74, 6) is -2.80. The van der Waals surface area contributed by atoms with Gasteiger partial charge in [-0.25, -0.2) is 0 Å². The number of Topliss-reactive ketones (excluding diaryl/α,β-unsaturated/α-hetero) is 1. The fourth-order valence-corrected chi connectivity index (χ4v) is 4.95. The lowest BCUT2D eigenvalue weighted by Crippen LogP contribution is -2.45. The fourth-order valence-electron chi connectivity index (χ4n) is 4.95. The van der Waals surface area contributed by atoms with E-state index in [4.69, 9.17) is 14.2 Å². The van der Waals surface area contributed by atoms with Crippen molar-refractivity contribution in [3.8, 4) is 17.2 Å². The maximum absolute atomic E-state index is 13.5. The number of ketones is 3. The molecule has 3 unspecified atom stereocenters. The van der Waals surface area contributed by atoms with Gasteiger partial charge in [0.25, 0.3) is 0 Å². The summed E-state index contributed by atoms with van der Waals surface area (Å²) in [4.78, 5) is 39.2. The lowest BCUT2D eigenvalue weighted by molar-refractivity contribution is -0.141. The molecule has 0 spiro atoms. The Balaban J connectivity index is 1.71. The maximum Gasteiger partial charge on any atom is 0.202 e. The Hall–Kier alpha value is -3.27. The van der Waals surface area contributed by atoms with Crippen LogP contribution in [0.15, 0.2) is 18.2 Å². The summed E-state index contributed by atoms with van der Waals surface area (Å²) in [5, 5.41) is 33.5. The summed E-state index contributed by atoms with van der Waals surface area (Å²) in [6, 6.07) is 4.51. The normalized spacial score (nSPS) is 27.0. The number of aromatic hydroxyl groups is 2. The van der Waals surface area contributed by atoms with Crippen molar-refractivity contribution < 1.29 is 43.9 Å². The highest BCUT2D eigenvalue weighted by Crippen LogP contribution is 2.52. The van der Waals surface area contributed by atoms with Gasteiger partial charge in [-0.05, 0) is 19.9 Å². The molecule has 1 aliphatic heterocycles. The second-order valence-corrected chi connectivity index (χ2v) is 9.05. The van der Waals surface area contributed by atoms with Crippen LogP contribution in [0.1, 0.15) is 69.3 Å². The average Bonchev–Trinajstić information content (AvgIpc) is 3.52. The second kappa shape index (κ2) is 7.63. The van der Waals surface area contributed by atoms with Crippen LogP contribution in [0, 0.1) is 0 Å². The third-order valence-corrected chi connectivity index (χ3v) is 7.03. The molecule has 2 aliphatic carbocycles. The van der Waals surface area contributed by atoms with Gasteiger partial charge in [-0.15, -0.1) is 0 Å². The van der Waals surface area contributed by atoms with Crippen molar-refractivity contribution in [3.63, 3.8) is 0 Å². The zero-order valence-corrected chi connectivity index (χ0v) is 18.9. The van der Waals surface area contributed by atoms with Crippen LogP contribution in [-0.4, -0.2) is 64.2 Å². The third kappa shape index (κ3) is 3.15. The van der Waals surface area contributed by atoms with Gasteiger partial charge in [-0.1, -0.05) is 12.1 Å². The van der Waals surface area contributed by atoms with Crippen LogP contribution in [0.2, 0.25) is 0 Å². The van der Waals surface area contributed by atoms with Gasteiger partial charge in [0.15, 0.2) is 11.6 Å². The quantitative estimate of drug-likeness (QED) is 0.378. The minimum absolute atomic E-state index is 0.00228. The standard InChI is InChI=1S/C25H24O9/c1-10-16(34-10)9-33-15-8-25(31,11(2)26)7-13-18(15)24(30)20-19(22(13)28)21(27)12-5-4-6-14(32-3)17(12)23(20)29/h4-6,10,15-16,28,30-31H,7-9H2,1-3H3/t10?,15-,16?,25?/m1/s1. The molecule has 3 N–H and O–H groups in total. The number of methoxy groups -OCH3 is 1. The Morgan fingerprint density at radius 2 is 1.82 bits per heavy atom. The molecule has 0 radical (unpaired) electrons. The molecule has 2 aromatic carbocycles. The first-order valence-corrected chi connectivity index (χ1v) is 11.0. The highest BCUT2D eigenvalue weighted by atomic mass is 16.6. The summed E-state index contributed by atoms with van der Waals surface area (Å²) in [6.45, 7) is 3.21. The van der Waals surface area contributed by atoms with E-state index in [2.05, 4.69) is 0 Å². The number of hydrogen-bond acceptors (Lipinski definition) is 9. The molecule has 2 aromatic rings. The molecule has 4 atom stereocenters. The molecule has 0 bridgehead atoms. The highest BCUT2D eigenvalue weighted by Gasteiger charge is 2.48. The van der Waals surface area contributed by atoms with E-state index in [0.717, 1.165) is 0 Å². The summed E-state index contributed by atoms with van der Waals surface area (Å²) in [6.07, 6.45) is -1.74. The molecule has 0 aromatic heterocycles. The fraction of sp³-hybridized carbons (Fsp3) is 0.400. The minimum atomic E-state index is -1.88. The summed E-state index contributed by atoms with van der Waals surface area (Å²) in [5.41, 5.74) is -2.50. The zero-order chi connectivity index (χ0) is 24.5. The third-order valence-electron chi connectivity index (χ3n) is 7.03. The Labute approximate surface area is 194 Å². The first kappa shape index (κ1) is 22.5. The molecule has 3 aliphatic rings. The molecule has 1 saturated heterocycles. The summed E-state index contributed by atoms with van der Waals surface area (Å²) >= 11 is 0. The molecule has 1 heterocycles. The summed E-state index contributed by atoms with van der Waals surface area (Å²) < 4.78 is 16.5. The molecule has 9 nitrogen and oxygen atoms in total. The van der Waals surface area contributed by atoms with Crippen molar-refractivity contribution >= 4 is 17.3 Å². The monoisotopic (exact) mass is 468 g/mol. The van der Waals surface area contributed by atoms with E-state index in [1.54, 1.807) is 6.07 Å². The van der Waals surface area contributed by atoms with Crippen LogP contribution in [0.5, 0.6) is 17.2 Å². The molecule has 5 rings (SSSR count). The van der Waals surface area contributed by atoms with E-state index in [-0.39, 0.29) is 70.8 Å². The molecule has 9 heteroatoms. The van der Waals surface area contributed by atoms with Crippen molar-refractivity contribution in [1.82, 2.24) is 0 Å². The van der Waals surface area contributed by atoms with Crippen molar-refractivity contribution in [2.75, 3.05) is 13.7 Å². The molecule has 0 amide bonds. The van der Waals surface area contributed by atoms with Crippen LogP contribution in [0.4, 0.5) is 0 Å². The Morgan fingerprint density at radius 1 is 1.15 bits per heavy atom. The van der Waals surface area contributed by atoms with Crippen molar-refractivity contribution in [1.29, 1.82) is 0 Å². The van der Waals surface area contributed by atoms with Gasteiger partial charge in [0.2, 0.25) is 5.78 Å². The van der Waals surface area contributed by atoms with Gasteiger partial charge >= 0.3 is 0 Å². The van der Waals surface area contributed by atoms with E-state index in [0.29, 0.717) is 0 Å². The number of benzene rings is 2. The number of fused-ring (bicyclic) bond motifs is 3. The summed E-state index contributed by atoms with van der Waals surface area (Å²) in [7, 11) is 1.36. The number of phenols is 2.